The van der Waals surface area contributed by atoms with Gasteiger partial charge in [-0.1, -0.05) is 0 Å². The topological polar surface area (TPSA) is 42.4 Å². The summed E-state index contributed by atoms with van der Waals surface area (Å²) in [7, 11) is 0. The second-order valence-corrected chi connectivity index (χ2v) is 3.42. The molecule has 66 valence electrons. The fourth-order valence-corrected chi connectivity index (χ4v) is 1.65. The van der Waals surface area contributed by atoms with Crippen molar-refractivity contribution < 1.29 is 4.42 Å². The van der Waals surface area contributed by atoms with E-state index in [0.29, 0.717) is 6.04 Å². The summed E-state index contributed by atoms with van der Waals surface area (Å²) >= 11 is 0. The average molecular weight is 166 g/mol. The maximum atomic E-state index is 5.79. The van der Waals surface area contributed by atoms with Gasteiger partial charge in [0.2, 0.25) is 0 Å². The van der Waals surface area contributed by atoms with Crippen LogP contribution in [0.4, 0.5) is 0 Å². The lowest BCUT2D eigenvalue weighted by atomic mass is 10.3. The average Bonchev–Trinajstić information content (AvgIpc) is 2.63. The van der Waals surface area contributed by atoms with E-state index in [1.807, 2.05) is 6.07 Å². The lowest BCUT2D eigenvalue weighted by molar-refractivity contribution is 0.325. The first-order valence-electron chi connectivity index (χ1n) is 4.33. The summed E-state index contributed by atoms with van der Waals surface area (Å²) in [6.45, 7) is 3.11. The van der Waals surface area contributed by atoms with E-state index in [1.54, 1.807) is 12.5 Å². The Labute approximate surface area is 72.1 Å². The molecule has 1 unspecified atom stereocenters. The van der Waals surface area contributed by atoms with Gasteiger partial charge >= 0.3 is 0 Å². The summed E-state index contributed by atoms with van der Waals surface area (Å²) in [6, 6.07) is 2.38. The van der Waals surface area contributed by atoms with Gasteiger partial charge in [-0.15, -0.1) is 0 Å². The molecule has 1 fully saturated rings. The van der Waals surface area contributed by atoms with Crippen LogP contribution in [0, 0.1) is 0 Å². The van der Waals surface area contributed by atoms with Crippen LogP contribution in [-0.4, -0.2) is 24.0 Å². The zero-order chi connectivity index (χ0) is 8.39. The Hall–Kier alpha value is -0.800. The molecule has 2 N–H and O–H groups in total. The second-order valence-electron chi connectivity index (χ2n) is 3.42. The van der Waals surface area contributed by atoms with E-state index in [9.17, 15) is 0 Å². The minimum absolute atomic E-state index is 0.372. The molecule has 1 aromatic heterocycles. The lowest BCUT2D eigenvalue weighted by Gasteiger charge is -2.12. The van der Waals surface area contributed by atoms with Gasteiger partial charge in [-0.05, 0) is 12.5 Å². The highest BCUT2D eigenvalue weighted by Crippen LogP contribution is 2.11. The molecule has 0 amide bonds. The number of rotatable bonds is 2. The van der Waals surface area contributed by atoms with Gasteiger partial charge in [0.25, 0.3) is 0 Å². The van der Waals surface area contributed by atoms with E-state index in [4.69, 9.17) is 10.2 Å². The molecule has 0 radical (unpaired) electrons. The first kappa shape index (κ1) is 7.83. The molecule has 2 heterocycles. The molecule has 0 aliphatic carbocycles. The van der Waals surface area contributed by atoms with E-state index < -0.39 is 0 Å². The van der Waals surface area contributed by atoms with E-state index in [2.05, 4.69) is 4.90 Å². The molecule has 0 saturated carbocycles. The highest BCUT2D eigenvalue weighted by atomic mass is 16.3. The van der Waals surface area contributed by atoms with Crippen LogP contribution in [0.5, 0.6) is 0 Å². The Morgan fingerprint density at radius 1 is 1.67 bits per heavy atom. The molecule has 0 bridgehead atoms. The monoisotopic (exact) mass is 166 g/mol. The number of likely N-dealkylation sites (tertiary alicyclic amines) is 1. The molecule has 3 nitrogen and oxygen atoms in total. The summed E-state index contributed by atoms with van der Waals surface area (Å²) in [4.78, 5) is 2.36. The smallest absolute Gasteiger partial charge is 0.0947 e. The van der Waals surface area contributed by atoms with E-state index in [-0.39, 0.29) is 0 Å². The number of nitrogens with zero attached hydrogens (tertiary/aromatic N) is 1. The summed E-state index contributed by atoms with van der Waals surface area (Å²) in [5, 5.41) is 0. The molecule has 1 aliphatic heterocycles. The van der Waals surface area contributed by atoms with Crippen LogP contribution < -0.4 is 5.73 Å². The minimum atomic E-state index is 0.372. The molecule has 1 aliphatic rings. The molecule has 3 heteroatoms. The van der Waals surface area contributed by atoms with Gasteiger partial charge in [0, 0.05) is 31.2 Å². The largest absolute Gasteiger partial charge is 0.472 e. The van der Waals surface area contributed by atoms with Crippen molar-refractivity contribution in [2.24, 2.45) is 5.73 Å². The van der Waals surface area contributed by atoms with E-state index in [1.165, 1.54) is 5.56 Å². The third kappa shape index (κ3) is 1.68. The van der Waals surface area contributed by atoms with Crippen LogP contribution in [0.1, 0.15) is 12.0 Å². The van der Waals surface area contributed by atoms with Crippen molar-refractivity contribution in [1.29, 1.82) is 0 Å². The molecule has 1 saturated heterocycles. The Kier molecular flexibility index (Phi) is 2.15. The highest BCUT2D eigenvalue weighted by molar-refractivity contribution is 5.05. The van der Waals surface area contributed by atoms with Crippen molar-refractivity contribution in [3.8, 4) is 0 Å². The van der Waals surface area contributed by atoms with Crippen molar-refractivity contribution in [2.45, 2.75) is 19.0 Å². The van der Waals surface area contributed by atoms with Gasteiger partial charge in [0.15, 0.2) is 0 Å². The molecular formula is C9H14N2O. The zero-order valence-corrected chi connectivity index (χ0v) is 7.07. The summed E-state index contributed by atoms with van der Waals surface area (Å²) in [5.41, 5.74) is 7.03. The maximum absolute atomic E-state index is 5.79. The summed E-state index contributed by atoms with van der Waals surface area (Å²) in [5.74, 6) is 0. The molecule has 2 rings (SSSR count). The van der Waals surface area contributed by atoms with Crippen molar-refractivity contribution in [1.82, 2.24) is 4.90 Å². The van der Waals surface area contributed by atoms with Crippen molar-refractivity contribution >= 4 is 0 Å². The summed E-state index contributed by atoms with van der Waals surface area (Å²) in [6.07, 6.45) is 4.63. The number of hydrogen-bond donors (Lipinski definition) is 1. The molecule has 0 spiro atoms. The standard InChI is InChI=1S/C9H14N2O/c10-9-1-3-11(6-9)5-8-2-4-12-7-8/h2,4,7,9H,1,3,5-6,10H2. The van der Waals surface area contributed by atoms with Crippen molar-refractivity contribution in [3.05, 3.63) is 24.2 Å². The van der Waals surface area contributed by atoms with Crippen molar-refractivity contribution in [2.75, 3.05) is 13.1 Å². The zero-order valence-electron chi connectivity index (χ0n) is 7.07. The Balaban J connectivity index is 1.88. The molecular weight excluding hydrogens is 152 g/mol. The molecule has 0 aromatic carbocycles. The van der Waals surface area contributed by atoms with Crippen LogP contribution in [0.25, 0.3) is 0 Å². The predicted octanol–water partition coefficient (Wildman–Crippen LogP) is 0.813. The van der Waals surface area contributed by atoms with Gasteiger partial charge in [-0.25, -0.2) is 0 Å². The van der Waals surface area contributed by atoms with Gasteiger partial charge in [0.1, 0.15) is 0 Å². The summed E-state index contributed by atoms with van der Waals surface area (Å²) < 4.78 is 4.99. The number of nitrogens with two attached hydrogens (primary N) is 1. The van der Waals surface area contributed by atoms with Crippen LogP contribution in [-0.2, 0) is 6.54 Å². The van der Waals surface area contributed by atoms with Crippen LogP contribution in [0.3, 0.4) is 0 Å². The second kappa shape index (κ2) is 3.29. The fourth-order valence-electron chi connectivity index (χ4n) is 1.65. The SMILES string of the molecule is NC1CCN(Cc2ccoc2)C1. The Morgan fingerprint density at radius 2 is 2.58 bits per heavy atom. The van der Waals surface area contributed by atoms with Gasteiger partial charge < -0.3 is 10.2 Å². The lowest BCUT2D eigenvalue weighted by Crippen LogP contribution is -2.26. The quantitative estimate of drug-likeness (QED) is 0.707. The van der Waals surface area contributed by atoms with Crippen LogP contribution in [0.2, 0.25) is 0 Å². The maximum Gasteiger partial charge on any atom is 0.0947 e. The molecule has 1 atom stereocenters. The van der Waals surface area contributed by atoms with E-state index >= 15 is 0 Å². The number of hydrogen-bond acceptors (Lipinski definition) is 3. The first-order chi connectivity index (χ1) is 5.84. The Bertz CT molecular complexity index is 233. The normalized spacial score (nSPS) is 24.9. The van der Waals surface area contributed by atoms with Crippen LogP contribution >= 0.6 is 0 Å². The minimum Gasteiger partial charge on any atom is -0.472 e. The fraction of sp³-hybridized carbons (Fsp3) is 0.556. The van der Waals surface area contributed by atoms with E-state index in [0.717, 1.165) is 26.1 Å². The first-order valence-corrected chi connectivity index (χ1v) is 4.33. The number of furan rings is 1. The third-order valence-corrected chi connectivity index (χ3v) is 2.30. The van der Waals surface area contributed by atoms with Gasteiger partial charge in [0.05, 0.1) is 12.5 Å². The predicted molar refractivity (Wildman–Crippen MR) is 46.6 cm³/mol. The van der Waals surface area contributed by atoms with Gasteiger partial charge in [-0.2, -0.15) is 0 Å². The highest BCUT2D eigenvalue weighted by Gasteiger charge is 2.18. The molecule has 12 heavy (non-hydrogen) atoms. The third-order valence-electron chi connectivity index (χ3n) is 2.30. The molecule has 1 aromatic rings. The van der Waals surface area contributed by atoms with Crippen LogP contribution in [0.15, 0.2) is 23.0 Å². The Morgan fingerprint density at radius 3 is 3.17 bits per heavy atom. The van der Waals surface area contributed by atoms with Gasteiger partial charge in [-0.3, -0.25) is 4.90 Å². The van der Waals surface area contributed by atoms with Crippen molar-refractivity contribution in [3.63, 3.8) is 0 Å².